The summed E-state index contributed by atoms with van der Waals surface area (Å²) in [7, 11) is 0. The molecule has 132 valence electrons. The molecule has 2 aromatic rings. The Labute approximate surface area is 141 Å². The highest BCUT2D eigenvalue weighted by Crippen LogP contribution is 2.32. The first-order valence-electron chi connectivity index (χ1n) is 7.71. The minimum atomic E-state index is -4.47. The molecule has 3 rings (SSSR count). The van der Waals surface area contributed by atoms with Gasteiger partial charge in [-0.05, 0) is 23.8 Å². The van der Waals surface area contributed by atoms with Crippen LogP contribution >= 0.6 is 0 Å². The van der Waals surface area contributed by atoms with E-state index in [1.54, 1.807) is 18.3 Å². The van der Waals surface area contributed by atoms with E-state index in [2.05, 4.69) is 10.3 Å². The second kappa shape index (κ2) is 6.62. The van der Waals surface area contributed by atoms with Gasteiger partial charge in [-0.25, -0.2) is 0 Å². The molecular formula is C17H16F3N3O2. The number of alkyl halides is 3. The third kappa shape index (κ3) is 3.84. The van der Waals surface area contributed by atoms with Gasteiger partial charge in [-0.15, -0.1) is 0 Å². The van der Waals surface area contributed by atoms with Crippen molar-refractivity contribution in [1.29, 1.82) is 0 Å². The van der Waals surface area contributed by atoms with Crippen molar-refractivity contribution in [2.45, 2.75) is 25.2 Å². The molecular weight excluding hydrogens is 335 g/mol. The standard InChI is InChI=1S/C17H16F3N3O2/c18-17(19,20)13-5-2-1-4-11(13)9-23-10-12(8-15(23)24)22-16(25)14-6-3-7-21-14/h1-7,12,21H,8-10H2,(H,22,25)/t12-/m0/s1. The number of carbonyl (C=O) groups excluding carboxylic acids is 2. The molecule has 0 spiro atoms. The van der Waals surface area contributed by atoms with Gasteiger partial charge in [0.05, 0.1) is 11.6 Å². The van der Waals surface area contributed by atoms with Crippen LogP contribution in [0, 0.1) is 0 Å². The Morgan fingerprint density at radius 2 is 2.00 bits per heavy atom. The molecule has 1 aliphatic rings. The van der Waals surface area contributed by atoms with Gasteiger partial charge in [0.1, 0.15) is 5.69 Å². The molecule has 1 atom stereocenters. The number of halogens is 3. The van der Waals surface area contributed by atoms with E-state index in [1.807, 2.05) is 0 Å². The Morgan fingerprint density at radius 3 is 2.68 bits per heavy atom. The summed E-state index contributed by atoms with van der Waals surface area (Å²) in [6.07, 6.45) is -2.80. The first-order valence-corrected chi connectivity index (χ1v) is 7.71. The highest BCUT2D eigenvalue weighted by Gasteiger charge is 2.36. The van der Waals surface area contributed by atoms with Gasteiger partial charge < -0.3 is 15.2 Å². The summed E-state index contributed by atoms with van der Waals surface area (Å²) < 4.78 is 39.2. The molecule has 1 aliphatic heterocycles. The first kappa shape index (κ1) is 17.1. The maximum atomic E-state index is 13.1. The molecule has 0 aliphatic carbocycles. The number of nitrogens with zero attached hydrogens (tertiary/aromatic N) is 1. The van der Waals surface area contributed by atoms with E-state index in [1.165, 1.54) is 23.1 Å². The van der Waals surface area contributed by atoms with Gasteiger partial charge in [0, 0.05) is 25.7 Å². The zero-order valence-electron chi connectivity index (χ0n) is 13.1. The number of rotatable bonds is 4. The summed E-state index contributed by atoms with van der Waals surface area (Å²) in [5, 5.41) is 2.72. The van der Waals surface area contributed by atoms with Crippen LogP contribution in [0.25, 0.3) is 0 Å². The second-order valence-electron chi connectivity index (χ2n) is 5.89. The van der Waals surface area contributed by atoms with Crippen molar-refractivity contribution in [3.63, 3.8) is 0 Å². The number of carbonyl (C=O) groups is 2. The molecule has 1 aromatic carbocycles. The summed E-state index contributed by atoms with van der Waals surface area (Å²) >= 11 is 0. The van der Waals surface area contributed by atoms with Crippen molar-refractivity contribution < 1.29 is 22.8 Å². The van der Waals surface area contributed by atoms with Crippen molar-refractivity contribution in [3.8, 4) is 0 Å². The number of hydrogen-bond acceptors (Lipinski definition) is 2. The van der Waals surface area contributed by atoms with E-state index in [-0.39, 0.29) is 36.9 Å². The lowest BCUT2D eigenvalue weighted by Gasteiger charge is -2.20. The van der Waals surface area contributed by atoms with Gasteiger partial charge >= 0.3 is 6.18 Å². The number of hydrogen-bond donors (Lipinski definition) is 2. The number of H-pyrrole nitrogens is 1. The molecule has 2 N–H and O–H groups in total. The molecule has 5 nitrogen and oxygen atoms in total. The molecule has 2 amide bonds. The lowest BCUT2D eigenvalue weighted by atomic mass is 10.1. The maximum Gasteiger partial charge on any atom is 0.416 e. The molecule has 0 bridgehead atoms. The minimum Gasteiger partial charge on any atom is -0.357 e. The van der Waals surface area contributed by atoms with Gasteiger partial charge in [-0.3, -0.25) is 9.59 Å². The van der Waals surface area contributed by atoms with Crippen LogP contribution in [-0.4, -0.2) is 34.3 Å². The van der Waals surface area contributed by atoms with Crippen molar-refractivity contribution >= 4 is 11.8 Å². The van der Waals surface area contributed by atoms with Gasteiger partial charge in [0.15, 0.2) is 0 Å². The Morgan fingerprint density at radius 1 is 1.24 bits per heavy atom. The molecule has 2 heterocycles. The third-order valence-corrected chi connectivity index (χ3v) is 4.08. The molecule has 1 aromatic heterocycles. The minimum absolute atomic E-state index is 0.0414. The number of amides is 2. The van der Waals surface area contributed by atoms with E-state index < -0.39 is 17.8 Å². The fourth-order valence-electron chi connectivity index (χ4n) is 2.90. The van der Waals surface area contributed by atoms with E-state index in [4.69, 9.17) is 0 Å². The lowest BCUT2D eigenvalue weighted by molar-refractivity contribution is -0.139. The third-order valence-electron chi connectivity index (χ3n) is 4.08. The first-order chi connectivity index (χ1) is 11.8. The van der Waals surface area contributed by atoms with Gasteiger partial charge in [-0.1, -0.05) is 18.2 Å². The second-order valence-corrected chi connectivity index (χ2v) is 5.89. The van der Waals surface area contributed by atoms with Gasteiger partial charge in [0.25, 0.3) is 5.91 Å². The Kier molecular flexibility index (Phi) is 4.52. The quantitative estimate of drug-likeness (QED) is 0.889. The molecule has 25 heavy (non-hydrogen) atoms. The Balaban J connectivity index is 1.67. The van der Waals surface area contributed by atoms with Crippen molar-refractivity contribution in [2.24, 2.45) is 0 Å². The van der Waals surface area contributed by atoms with E-state index >= 15 is 0 Å². The smallest absolute Gasteiger partial charge is 0.357 e. The van der Waals surface area contributed by atoms with Crippen LogP contribution in [-0.2, 0) is 17.5 Å². The van der Waals surface area contributed by atoms with Crippen molar-refractivity contribution in [2.75, 3.05) is 6.54 Å². The Bertz CT molecular complexity index is 772. The van der Waals surface area contributed by atoms with E-state index in [0.29, 0.717) is 5.69 Å². The van der Waals surface area contributed by atoms with Crippen LogP contribution in [0.1, 0.15) is 28.0 Å². The molecule has 0 radical (unpaired) electrons. The summed E-state index contributed by atoms with van der Waals surface area (Å²) in [5.41, 5.74) is -0.338. The van der Waals surface area contributed by atoms with Crippen LogP contribution in [0.2, 0.25) is 0 Å². The predicted molar refractivity (Wildman–Crippen MR) is 83.5 cm³/mol. The maximum absolute atomic E-state index is 13.1. The molecule has 0 unspecified atom stereocenters. The number of nitrogens with one attached hydrogen (secondary N) is 2. The molecule has 0 saturated carbocycles. The zero-order chi connectivity index (χ0) is 18.0. The Hall–Kier alpha value is -2.77. The normalized spacial score (nSPS) is 17.8. The van der Waals surface area contributed by atoms with Crippen LogP contribution in [0.3, 0.4) is 0 Å². The van der Waals surface area contributed by atoms with Crippen LogP contribution in [0.15, 0.2) is 42.6 Å². The summed E-state index contributed by atoms with van der Waals surface area (Å²) in [4.78, 5) is 28.2. The average molecular weight is 351 g/mol. The number of aromatic nitrogens is 1. The highest BCUT2D eigenvalue weighted by atomic mass is 19.4. The summed E-state index contributed by atoms with van der Waals surface area (Å²) in [6.45, 7) is 0.0425. The van der Waals surface area contributed by atoms with Crippen molar-refractivity contribution in [1.82, 2.24) is 15.2 Å². The number of benzene rings is 1. The largest absolute Gasteiger partial charge is 0.416 e. The predicted octanol–water partition coefficient (Wildman–Crippen LogP) is 2.56. The van der Waals surface area contributed by atoms with E-state index in [0.717, 1.165) is 6.07 Å². The van der Waals surface area contributed by atoms with E-state index in [9.17, 15) is 22.8 Å². The highest BCUT2D eigenvalue weighted by molar-refractivity contribution is 5.93. The summed E-state index contributed by atoms with van der Waals surface area (Å²) in [6, 6.07) is 8.04. The summed E-state index contributed by atoms with van der Waals surface area (Å²) in [5.74, 6) is -0.630. The number of aromatic amines is 1. The number of likely N-dealkylation sites (tertiary alicyclic amines) is 1. The fraction of sp³-hybridized carbons (Fsp3) is 0.294. The lowest BCUT2D eigenvalue weighted by Crippen LogP contribution is -2.37. The topological polar surface area (TPSA) is 65.2 Å². The zero-order valence-corrected chi connectivity index (χ0v) is 13.1. The van der Waals surface area contributed by atoms with Crippen LogP contribution < -0.4 is 5.32 Å². The average Bonchev–Trinajstić information content (AvgIpc) is 3.18. The van der Waals surface area contributed by atoms with Crippen molar-refractivity contribution in [3.05, 3.63) is 59.4 Å². The monoisotopic (exact) mass is 351 g/mol. The molecule has 1 fully saturated rings. The van der Waals surface area contributed by atoms with Crippen LogP contribution in [0.5, 0.6) is 0 Å². The van der Waals surface area contributed by atoms with Crippen LogP contribution in [0.4, 0.5) is 13.2 Å². The van der Waals surface area contributed by atoms with Gasteiger partial charge in [-0.2, -0.15) is 13.2 Å². The molecule has 1 saturated heterocycles. The van der Waals surface area contributed by atoms with Gasteiger partial charge in [0.2, 0.25) is 5.91 Å². The molecule has 8 heteroatoms. The SMILES string of the molecule is O=C(N[C@H]1CC(=O)N(Cc2ccccc2C(F)(F)F)C1)c1ccc[nH]1. The fourth-order valence-corrected chi connectivity index (χ4v) is 2.90.